The van der Waals surface area contributed by atoms with Gasteiger partial charge in [0, 0.05) is 6.42 Å². The Morgan fingerprint density at radius 2 is 1.93 bits per heavy atom. The Kier molecular flexibility index (Phi) is 5.75. The number of carbonyl (C=O) groups excluding carboxylic acids is 1. The zero-order chi connectivity index (χ0) is 20.3. The second-order valence-corrected chi connectivity index (χ2v) is 9.16. The number of aromatic nitrogens is 3. The van der Waals surface area contributed by atoms with Crippen molar-refractivity contribution in [2.45, 2.75) is 25.2 Å². The van der Waals surface area contributed by atoms with Crippen molar-refractivity contribution in [3.05, 3.63) is 35.0 Å². The minimum absolute atomic E-state index is 0.0905. The smallest absolute Gasteiger partial charge is 0.322 e. The summed E-state index contributed by atoms with van der Waals surface area (Å²) < 4.78 is 35.1. The maximum absolute atomic E-state index is 12.3. The molecule has 9 nitrogen and oxygen atoms in total. The van der Waals surface area contributed by atoms with E-state index in [0.29, 0.717) is 5.75 Å². The highest BCUT2D eigenvalue weighted by Gasteiger charge is 2.19. The molecule has 0 aliphatic carbocycles. The molecule has 11 heteroatoms. The maximum atomic E-state index is 12.3. The largest absolute Gasteiger partial charge is 0.497 e. The van der Waals surface area contributed by atoms with Crippen molar-refractivity contribution in [2.75, 3.05) is 18.2 Å². The molecule has 0 atom stereocenters. The predicted molar refractivity (Wildman–Crippen MR) is 103 cm³/mol. The molecule has 3 aromatic rings. The molecule has 1 N–H and O–H groups in total. The minimum atomic E-state index is -3.60. The van der Waals surface area contributed by atoms with Crippen LogP contribution in [0.3, 0.4) is 0 Å². The summed E-state index contributed by atoms with van der Waals surface area (Å²) in [5.41, 5.74) is 0.759. The number of hydrogen-bond donors (Lipinski definition) is 1. The van der Waals surface area contributed by atoms with Crippen LogP contribution in [-0.4, -0.2) is 42.4 Å². The Morgan fingerprint density at radius 1 is 1.21 bits per heavy atom. The number of sulfone groups is 1. The fraction of sp³-hybridized carbons (Fsp3) is 0.294. The Morgan fingerprint density at radius 3 is 2.54 bits per heavy atom. The number of nitrogens with zero attached hydrogens (tertiary/aromatic N) is 3. The highest BCUT2D eigenvalue weighted by molar-refractivity contribution is 7.91. The molecule has 2 aromatic heterocycles. The van der Waals surface area contributed by atoms with Gasteiger partial charge >= 0.3 is 6.01 Å². The lowest BCUT2D eigenvalue weighted by molar-refractivity contribution is -0.115. The SMILES string of the molecule is COc1ccc(S(=O)(=O)CCC(=O)Nc2nnc(-c3sc(C)nc3C)o2)cc1. The van der Waals surface area contributed by atoms with E-state index in [2.05, 4.69) is 20.5 Å². The first-order valence-electron chi connectivity index (χ1n) is 8.23. The standard InChI is InChI=1S/C17H18N4O5S2/c1-10-15(27-11(2)18-10)16-20-21-17(26-16)19-14(22)8-9-28(23,24)13-6-4-12(25-3)5-7-13/h4-7H,8-9H2,1-3H3,(H,19,21,22). The van der Waals surface area contributed by atoms with Crippen molar-refractivity contribution in [1.29, 1.82) is 0 Å². The van der Waals surface area contributed by atoms with Gasteiger partial charge in [-0.05, 0) is 38.1 Å². The third kappa shape index (κ3) is 4.54. The molecule has 0 spiro atoms. The van der Waals surface area contributed by atoms with E-state index in [1.807, 2.05) is 13.8 Å². The van der Waals surface area contributed by atoms with E-state index >= 15 is 0 Å². The van der Waals surface area contributed by atoms with Gasteiger partial charge in [0.1, 0.15) is 10.6 Å². The van der Waals surface area contributed by atoms with Crippen LogP contribution in [0.4, 0.5) is 6.01 Å². The van der Waals surface area contributed by atoms with Gasteiger partial charge in [-0.15, -0.1) is 16.4 Å². The minimum Gasteiger partial charge on any atom is -0.497 e. The van der Waals surface area contributed by atoms with E-state index in [9.17, 15) is 13.2 Å². The summed E-state index contributed by atoms with van der Waals surface area (Å²) in [6.45, 7) is 3.69. The number of ether oxygens (including phenoxy) is 1. The second kappa shape index (κ2) is 8.07. The number of hydrogen-bond acceptors (Lipinski definition) is 9. The molecule has 0 radical (unpaired) electrons. The molecule has 148 valence electrons. The molecule has 0 unspecified atom stereocenters. The van der Waals surface area contributed by atoms with E-state index in [1.165, 1.54) is 30.6 Å². The van der Waals surface area contributed by atoms with Crippen LogP contribution < -0.4 is 10.1 Å². The third-order valence-electron chi connectivity index (χ3n) is 3.79. The summed E-state index contributed by atoms with van der Waals surface area (Å²) in [6.07, 6.45) is -0.245. The third-order valence-corrected chi connectivity index (χ3v) is 6.58. The lowest BCUT2D eigenvalue weighted by Gasteiger charge is -2.05. The molecular weight excluding hydrogens is 404 g/mol. The number of thiazole rings is 1. The molecule has 1 aromatic carbocycles. The van der Waals surface area contributed by atoms with Gasteiger partial charge in [-0.2, -0.15) is 0 Å². The predicted octanol–water partition coefficient (Wildman–Crippen LogP) is 2.62. The molecule has 0 aliphatic rings. The first-order valence-corrected chi connectivity index (χ1v) is 10.7. The number of benzene rings is 1. The average Bonchev–Trinajstić information content (AvgIpc) is 3.25. The van der Waals surface area contributed by atoms with Crippen LogP contribution in [0.5, 0.6) is 5.75 Å². The average molecular weight is 422 g/mol. The molecule has 0 saturated carbocycles. The molecular formula is C17H18N4O5S2. The summed E-state index contributed by atoms with van der Waals surface area (Å²) in [5.74, 6) is -0.0803. The lowest BCUT2D eigenvalue weighted by Crippen LogP contribution is -2.17. The fourth-order valence-electron chi connectivity index (χ4n) is 2.40. The zero-order valence-electron chi connectivity index (χ0n) is 15.4. The molecule has 2 heterocycles. The summed E-state index contributed by atoms with van der Waals surface area (Å²) in [5, 5.41) is 10.9. The molecule has 1 amide bonds. The van der Waals surface area contributed by atoms with Crippen LogP contribution in [-0.2, 0) is 14.6 Å². The Hall–Kier alpha value is -2.79. The van der Waals surface area contributed by atoms with Crippen molar-refractivity contribution in [1.82, 2.24) is 15.2 Å². The Labute approximate surface area is 165 Å². The number of anilines is 1. The van der Waals surface area contributed by atoms with Crippen LogP contribution >= 0.6 is 11.3 Å². The summed E-state index contributed by atoms with van der Waals surface area (Å²) >= 11 is 1.41. The molecule has 0 saturated heterocycles. The molecule has 0 aliphatic heterocycles. The van der Waals surface area contributed by atoms with Gasteiger partial charge in [0.25, 0.3) is 5.89 Å². The van der Waals surface area contributed by atoms with E-state index in [4.69, 9.17) is 9.15 Å². The number of carbonyl (C=O) groups is 1. The molecule has 0 fully saturated rings. The zero-order valence-corrected chi connectivity index (χ0v) is 17.1. The summed E-state index contributed by atoms with van der Waals surface area (Å²) in [4.78, 5) is 17.2. The van der Waals surface area contributed by atoms with Crippen LogP contribution in [0, 0.1) is 13.8 Å². The number of rotatable bonds is 7. The van der Waals surface area contributed by atoms with Gasteiger partial charge in [-0.25, -0.2) is 13.4 Å². The quantitative estimate of drug-likeness (QED) is 0.616. The number of aryl methyl sites for hydroxylation is 2. The highest BCUT2D eigenvalue weighted by Crippen LogP contribution is 2.29. The van der Waals surface area contributed by atoms with Gasteiger partial charge in [-0.3, -0.25) is 10.1 Å². The Bertz CT molecular complexity index is 1090. The molecule has 28 heavy (non-hydrogen) atoms. The number of methoxy groups -OCH3 is 1. The monoisotopic (exact) mass is 422 g/mol. The molecule has 0 bridgehead atoms. The van der Waals surface area contributed by atoms with Crippen molar-refractivity contribution >= 4 is 33.1 Å². The van der Waals surface area contributed by atoms with Gasteiger partial charge in [-0.1, -0.05) is 5.10 Å². The van der Waals surface area contributed by atoms with E-state index in [0.717, 1.165) is 15.6 Å². The van der Waals surface area contributed by atoms with Crippen LogP contribution in [0.25, 0.3) is 10.8 Å². The van der Waals surface area contributed by atoms with E-state index < -0.39 is 15.7 Å². The highest BCUT2D eigenvalue weighted by atomic mass is 32.2. The lowest BCUT2D eigenvalue weighted by atomic mass is 10.3. The van der Waals surface area contributed by atoms with Gasteiger partial charge in [0.15, 0.2) is 9.84 Å². The van der Waals surface area contributed by atoms with Gasteiger partial charge < -0.3 is 9.15 Å². The molecule has 3 rings (SSSR count). The van der Waals surface area contributed by atoms with Gasteiger partial charge in [0.2, 0.25) is 5.91 Å². The van der Waals surface area contributed by atoms with Gasteiger partial charge in [0.05, 0.1) is 28.5 Å². The summed E-state index contributed by atoms with van der Waals surface area (Å²) in [7, 11) is -2.11. The maximum Gasteiger partial charge on any atom is 0.322 e. The van der Waals surface area contributed by atoms with E-state index in [-0.39, 0.29) is 29.0 Å². The van der Waals surface area contributed by atoms with E-state index in [1.54, 1.807) is 12.1 Å². The van der Waals surface area contributed by atoms with Crippen LogP contribution in [0.15, 0.2) is 33.6 Å². The number of nitrogens with one attached hydrogen (secondary N) is 1. The normalized spacial score (nSPS) is 11.4. The van der Waals surface area contributed by atoms with Crippen molar-refractivity contribution in [2.24, 2.45) is 0 Å². The van der Waals surface area contributed by atoms with Crippen LogP contribution in [0.2, 0.25) is 0 Å². The summed E-state index contributed by atoms with van der Waals surface area (Å²) in [6, 6.07) is 5.89. The number of amides is 1. The first-order chi connectivity index (χ1) is 13.3. The van der Waals surface area contributed by atoms with Crippen molar-refractivity contribution in [3.8, 4) is 16.5 Å². The van der Waals surface area contributed by atoms with Crippen molar-refractivity contribution in [3.63, 3.8) is 0 Å². The first kappa shape index (κ1) is 20.0. The van der Waals surface area contributed by atoms with Crippen LogP contribution in [0.1, 0.15) is 17.1 Å². The second-order valence-electron chi connectivity index (χ2n) is 5.85. The van der Waals surface area contributed by atoms with Crippen molar-refractivity contribution < 1.29 is 22.4 Å². The fourth-order valence-corrected chi connectivity index (χ4v) is 4.49. The Balaban J connectivity index is 1.60. The topological polar surface area (TPSA) is 124 Å².